The number of allylic oxidation sites excluding steroid dienone is 7. The molecule has 162 valence electrons. The number of benzene rings is 1. The van der Waals surface area contributed by atoms with Crippen molar-refractivity contribution in [2.45, 2.75) is 47.5 Å². The Hall–Kier alpha value is -3.26. The first-order chi connectivity index (χ1) is 15.0. The fraction of sp³-hybridized carbons (Fsp3) is 0.241. The van der Waals surface area contributed by atoms with Gasteiger partial charge in [0.25, 0.3) is 0 Å². The smallest absolute Gasteiger partial charge is 0.0346 e. The van der Waals surface area contributed by atoms with Crippen LogP contribution < -0.4 is 0 Å². The van der Waals surface area contributed by atoms with E-state index in [4.69, 9.17) is 0 Å². The van der Waals surface area contributed by atoms with Crippen LogP contribution in [0.4, 0.5) is 0 Å². The Morgan fingerprint density at radius 1 is 1.10 bits per heavy atom. The lowest BCUT2D eigenvalue weighted by Gasteiger charge is -2.14. The van der Waals surface area contributed by atoms with Crippen LogP contribution in [0.1, 0.15) is 51.7 Å². The van der Waals surface area contributed by atoms with Crippen molar-refractivity contribution in [2.24, 2.45) is 4.99 Å². The van der Waals surface area contributed by atoms with Crippen LogP contribution in [0.25, 0.3) is 16.7 Å². The van der Waals surface area contributed by atoms with Crippen LogP contribution in [0.2, 0.25) is 0 Å². The molecule has 0 spiro atoms. The normalized spacial score (nSPS) is 12.1. The largest absolute Gasteiger partial charge is 0.265 e. The Bertz CT molecular complexity index is 943. The number of aliphatic imine (C=N–C) groups is 1. The number of hydrogen-bond donors (Lipinski definition) is 0. The van der Waals surface area contributed by atoms with Gasteiger partial charge < -0.3 is 0 Å². The van der Waals surface area contributed by atoms with Crippen molar-refractivity contribution in [1.29, 1.82) is 0 Å². The third kappa shape index (κ3) is 9.39. The second-order valence-corrected chi connectivity index (χ2v) is 7.16. The van der Waals surface area contributed by atoms with E-state index in [-0.39, 0.29) is 0 Å². The summed E-state index contributed by atoms with van der Waals surface area (Å²) in [5, 5.41) is 0. The highest BCUT2D eigenvalue weighted by Crippen LogP contribution is 2.32. The molecule has 0 N–H and O–H groups in total. The minimum atomic E-state index is 0.888. The number of aryl methyl sites for hydroxylation is 1. The van der Waals surface area contributed by atoms with Gasteiger partial charge in [0.2, 0.25) is 0 Å². The standard InChI is InChI=1S/C21H23N.C6H7N.C2H6/c1-15(2)8-10-17(4)18(5)20-11-9-16(3)13-21(20)19-7-6-12-22-14-19;1-2-4-6-7-5-3-1;1-2/h6-7,9-14H,1,5,8H2,2-4H3;1,3-6H,2H2;1-2H3/b17-10-;;. The van der Waals surface area contributed by atoms with E-state index in [1.54, 1.807) is 18.6 Å². The quantitative estimate of drug-likeness (QED) is 0.357. The zero-order chi connectivity index (χ0) is 23.1. The molecule has 0 unspecified atom stereocenters. The fourth-order valence-corrected chi connectivity index (χ4v) is 2.78. The van der Waals surface area contributed by atoms with E-state index in [0.717, 1.165) is 35.1 Å². The van der Waals surface area contributed by atoms with Crippen molar-refractivity contribution in [3.63, 3.8) is 0 Å². The van der Waals surface area contributed by atoms with Crippen molar-refractivity contribution in [2.75, 3.05) is 0 Å². The molecule has 2 heteroatoms. The summed E-state index contributed by atoms with van der Waals surface area (Å²) in [6.45, 7) is 18.5. The first kappa shape index (κ1) is 25.8. The summed E-state index contributed by atoms with van der Waals surface area (Å²) in [5.74, 6) is 0. The predicted octanol–water partition coefficient (Wildman–Crippen LogP) is 8.54. The molecule has 2 nitrogen and oxygen atoms in total. The van der Waals surface area contributed by atoms with Crippen LogP contribution in [0.5, 0.6) is 0 Å². The number of aromatic nitrogens is 1. The maximum Gasteiger partial charge on any atom is 0.0346 e. The Kier molecular flexibility index (Phi) is 12.2. The predicted molar refractivity (Wildman–Crippen MR) is 139 cm³/mol. The van der Waals surface area contributed by atoms with Gasteiger partial charge in [-0.15, -0.1) is 0 Å². The fourth-order valence-electron chi connectivity index (χ4n) is 2.78. The number of rotatable bonds is 5. The lowest BCUT2D eigenvalue weighted by molar-refractivity contribution is 1.21. The molecule has 2 heterocycles. The minimum Gasteiger partial charge on any atom is -0.265 e. The Morgan fingerprint density at radius 3 is 2.55 bits per heavy atom. The maximum atomic E-state index is 4.30. The summed E-state index contributed by atoms with van der Waals surface area (Å²) in [4.78, 5) is 8.12. The van der Waals surface area contributed by atoms with E-state index < -0.39 is 0 Å². The molecule has 0 radical (unpaired) electrons. The van der Waals surface area contributed by atoms with Gasteiger partial charge in [-0.3, -0.25) is 9.98 Å². The molecule has 0 saturated heterocycles. The van der Waals surface area contributed by atoms with Gasteiger partial charge in [-0.05, 0) is 68.0 Å². The van der Waals surface area contributed by atoms with E-state index in [2.05, 4.69) is 73.4 Å². The average Bonchev–Trinajstić information content (AvgIpc) is 3.12. The Labute approximate surface area is 189 Å². The van der Waals surface area contributed by atoms with Gasteiger partial charge >= 0.3 is 0 Å². The van der Waals surface area contributed by atoms with E-state index in [1.807, 2.05) is 45.2 Å². The Balaban J connectivity index is 0.000000447. The van der Waals surface area contributed by atoms with E-state index in [1.165, 1.54) is 16.7 Å². The highest BCUT2D eigenvalue weighted by molar-refractivity contribution is 5.87. The first-order valence-corrected chi connectivity index (χ1v) is 10.8. The average molecular weight is 413 g/mol. The summed E-state index contributed by atoms with van der Waals surface area (Å²) >= 11 is 0. The molecule has 0 aliphatic carbocycles. The molecule has 2 aromatic rings. The van der Waals surface area contributed by atoms with E-state index >= 15 is 0 Å². The van der Waals surface area contributed by atoms with Crippen LogP contribution >= 0.6 is 0 Å². The molecule has 0 saturated carbocycles. The SMILES string of the molecule is C1=CCC=CN=C1.C=C(C)C/C=C(/C)C(=C)c1ccc(C)cc1-c1cccnc1.CC. The number of hydrogen-bond acceptors (Lipinski definition) is 2. The summed E-state index contributed by atoms with van der Waals surface area (Å²) in [6.07, 6.45) is 17.4. The van der Waals surface area contributed by atoms with Crippen molar-refractivity contribution in [3.05, 3.63) is 109 Å². The lowest BCUT2D eigenvalue weighted by Crippen LogP contribution is -1.92. The minimum absolute atomic E-state index is 0.888. The second kappa shape index (κ2) is 14.7. The molecule has 0 atom stereocenters. The molecule has 1 aliphatic heterocycles. The monoisotopic (exact) mass is 412 g/mol. The van der Waals surface area contributed by atoms with Crippen molar-refractivity contribution >= 4 is 11.8 Å². The van der Waals surface area contributed by atoms with Crippen molar-refractivity contribution < 1.29 is 0 Å². The van der Waals surface area contributed by atoms with Crippen LogP contribution in [0.15, 0.2) is 103 Å². The van der Waals surface area contributed by atoms with E-state index in [0.29, 0.717) is 0 Å². The molecular weight excluding hydrogens is 376 g/mol. The molecule has 3 rings (SSSR count). The molecule has 31 heavy (non-hydrogen) atoms. The van der Waals surface area contributed by atoms with Crippen molar-refractivity contribution in [1.82, 2.24) is 4.98 Å². The first-order valence-electron chi connectivity index (χ1n) is 10.8. The van der Waals surface area contributed by atoms with Gasteiger partial charge in [-0.25, -0.2) is 0 Å². The molecule has 0 amide bonds. The van der Waals surface area contributed by atoms with Crippen LogP contribution in [0.3, 0.4) is 0 Å². The highest BCUT2D eigenvalue weighted by atomic mass is 14.7. The summed E-state index contributed by atoms with van der Waals surface area (Å²) in [7, 11) is 0. The van der Waals surface area contributed by atoms with Crippen LogP contribution in [-0.4, -0.2) is 11.2 Å². The number of nitrogens with zero attached hydrogens (tertiary/aromatic N) is 2. The van der Waals surface area contributed by atoms with Gasteiger partial charge in [0.15, 0.2) is 0 Å². The molecule has 1 aromatic carbocycles. The maximum absolute atomic E-state index is 4.30. The molecular formula is C29H36N2. The third-order valence-electron chi connectivity index (χ3n) is 4.48. The van der Waals surface area contributed by atoms with Gasteiger partial charge in [0.1, 0.15) is 0 Å². The summed E-state index contributed by atoms with van der Waals surface area (Å²) in [6, 6.07) is 10.5. The van der Waals surface area contributed by atoms with Crippen LogP contribution in [-0.2, 0) is 0 Å². The zero-order valence-electron chi connectivity index (χ0n) is 19.7. The Morgan fingerprint density at radius 2 is 1.87 bits per heavy atom. The molecule has 0 fully saturated rings. The van der Waals surface area contributed by atoms with Crippen LogP contribution in [0, 0.1) is 6.92 Å². The zero-order valence-corrected chi connectivity index (χ0v) is 19.7. The van der Waals surface area contributed by atoms with Gasteiger partial charge in [0, 0.05) is 30.4 Å². The summed E-state index contributed by atoms with van der Waals surface area (Å²) < 4.78 is 0. The topological polar surface area (TPSA) is 25.2 Å². The molecule has 1 aliphatic rings. The van der Waals surface area contributed by atoms with Gasteiger partial charge in [-0.1, -0.05) is 80.6 Å². The van der Waals surface area contributed by atoms with Crippen molar-refractivity contribution in [3.8, 4) is 11.1 Å². The highest BCUT2D eigenvalue weighted by Gasteiger charge is 2.10. The molecule has 0 bridgehead atoms. The number of pyridine rings is 1. The molecule has 1 aromatic heterocycles. The van der Waals surface area contributed by atoms with E-state index in [9.17, 15) is 0 Å². The lowest BCUT2D eigenvalue weighted by atomic mass is 9.91. The summed E-state index contributed by atoms with van der Waals surface area (Å²) in [5.41, 5.74) is 8.10. The second-order valence-electron chi connectivity index (χ2n) is 7.16. The third-order valence-corrected chi connectivity index (χ3v) is 4.48. The van der Waals surface area contributed by atoms with Gasteiger partial charge in [-0.2, -0.15) is 0 Å². The van der Waals surface area contributed by atoms with Gasteiger partial charge in [0.05, 0.1) is 0 Å².